The highest BCUT2D eigenvalue weighted by atomic mass is 16.1. The molecule has 1 aliphatic rings. The van der Waals surface area contributed by atoms with E-state index in [1.165, 1.54) is 11.3 Å². The van der Waals surface area contributed by atoms with E-state index in [1.54, 1.807) is 0 Å². The monoisotopic (exact) mass is 375 g/mol. The van der Waals surface area contributed by atoms with Gasteiger partial charge in [0.15, 0.2) is 5.78 Å². The average molecular weight is 376 g/mol. The van der Waals surface area contributed by atoms with Gasteiger partial charge in [0.1, 0.15) is 0 Å². The van der Waals surface area contributed by atoms with Crippen molar-refractivity contribution in [2.24, 2.45) is 7.05 Å². The molecule has 4 nitrogen and oxygen atoms in total. The number of rotatable bonds is 6. The standard InChI is InChI=1S/C24H29N3O/c1-18-15-21(19(2)27(18)16-20-9-5-4-6-10-20)24(28)17-26-14-8-12-23(26)22-11-7-13-25(22)3/h4-7,9-11,13,15,23H,8,12,14,16-17H2,1-3H3/t23-/m1/s1. The number of likely N-dealkylation sites (tertiary alicyclic amines) is 1. The van der Waals surface area contributed by atoms with Gasteiger partial charge in [0, 0.05) is 42.4 Å². The second-order valence-corrected chi connectivity index (χ2v) is 7.95. The minimum absolute atomic E-state index is 0.230. The van der Waals surface area contributed by atoms with Crippen LogP contribution in [0.5, 0.6) is 0 Å². The number of carbonyl (C=O) groups excluding carboxylic acids is 1. The number of hydrogen-bond donors (Lipinski definition) is 0. The Hall–Kier alpha value is -2.59. The number of aryl methyl sites for hydroxylation is 2. The highest BCUT2D eigenvalue weighted by Crippen LogP contribution is 2.32. The largest absolute Gasteiger partial charge is 0.353 e. The van der Waals surface area contributed by atoms with Crippen molar-refractivity contribution in [1.29, 1.82) is 0 Å². The van der Waals surface area contributed by atoms with Crippen molar-refractivity contribution in [2.45, 2.75) is 39.3 Å². The smallest absolute Gasteiger partial charge is 0.178 e. The number of aromatic nitrogens is 2. The Morgan fingerprint density at radius 2 is 1.89 bits per heavy atom. The van der Waals surface area contributed by atoms with Crippen LogP contribution in [0.2, 0.25) is 0 Å². The zero-order valence-electron chi connectivity index (χ0n) is 17.1. The van der Waals surface area contributed by atoms with Gasteiger partial charge < -0.3 is 9.13 Å². The van der Waals surface area contributed by atoms with Gasteiger partial charge in [0.2, 0.25) is 0 Å². The van der Waals surface area contributed by atoms with Gasteiger partial charge in [-0.2, -0.15) is 0 Å². The van der Waals surface area contributed by atoms with Gasteiger partial charge in [-0.3, -0.25) is 9.69 Å². The molecule has 0 aliphatic carbocycles. The summed E-state index contributed by atoms with van der Waals surface area (Å²) >= 11 is 0. The lowest BCUT2D eigenvalue weighted by atomic mass is 10.1. The fourth-order valence-corrected chi connectivity index (χ4v) is 4.53. The first kappa shape index (κ1) is 18.8. The lowest BCUT2D eigenvalue weighted by Gasteiger charge is -2.24. The molecule has 0 saturated carbocycles. The third kappa shape index (κ3) is 3.57. The maximum Gasteiger partial charge on any atom is 0.178 e. The van der Waals surface area contributed by atoms with Crippen molar-refractivity contribution >= 4 is 5.78 Å². The summed E-state index contributed by atoms with van der Waals surface area (Å²) in [4.78, 5) is 15.5. The van der Waals surface area contributed by atoms with E-state index in [0.29, 0.717) is 12.6 Å². The molecule has 0 amide bonds. The normalized spacial score (nSPS) is 17.3. The summed E-state index contributed by atoms with van der Waals surface area (Å²) in [6.45, 7) is 6.45. The van der Waals surface area contributed by atoms with Crippen LogP contribution in [0, 0.1) is 13.8 Å². The van der Waals surface area contributed by atoms with E-state index in [1.807, 2.05) is 6.07 Å². The Bertz CT molecular complexity index is 967. The molecular weight excluding hydrogens is 346 g/mol. The second kappa shape index (κ2) is 7.80. The average Bonchev–Trinajstić information content (AvgIpc) is 3.38. The Morgan fingerprint density at radius 3 is 2.61 bits per heavy atom. The Labute approximate surface area is 167 Å². The highest BCUT2D eigenvalue weighted by Gasteiger charge is 2.30. The molecule has 1 aromatic carbocycles. The van der Waals surface area contributed by atoms with Gasteiger partial charge in [-0.15, -0.1) is 0 Å². The molecule has 1 fully saturated rings. The first-order valence-electron chi connectivity index (χ1n) is 10.1. The summed E-state index contributed by atoms with van der Waals surface area (Å²) < 4.78 is 4.43. The van der Waals surface area contributed by atoms with Gasteiger partial charge in [0.25, 0.3) is 0 Å². The van der Waals surface area contributed by atoms with Crippen LogP contribution in [0.25, 0.3) is 0 Å². The lowest BCUT2D eigenvalue weighted by Crippen LogP contribution is -2.30. The van der Waals surface area contributed by atoms with Gasteiger partial charge in [0.05, 0.1) is 12.6 Å². The summed E-state index contributed by atoms with van der Waals surface area (Å²) in [7, 11) is 2.09. The fraction of sp³-hybridized carbons (Fsp3) is 0.375. The quantitative estimate of drug-likeness (QED) is 0.593. The van der Waals surface area contributed by atoms with Gasteiger partial charge in [-0.25, -0.2) is 0 Å². The zero-order chi connectivity index (χ0) is 19.7. The number of hydrogen-bond acceptors (Lipinski definition) is 2. The summed E-state index contributed by atoms with van der Waals surface area (Å²) in [5.41, 5.74) is 5.64. The predicted molar refractivity (Wildman–Crippen MR) is 113 cm³/mol. The summed E-state index contributed by atoms with van der Waals surface area (Å²) in [5, 5.41) is 0. The molecule has 0 spiro atoms. The first-order valence-corrected chi connectivity index (χ1v) is 10.1. The summed E-state index contributed by atoms with van der Waals surface area (Å²) in [6, 6.07) is 17.1. The van der Waals surface area contributed by atoms with Crippen LogP contribution in [-0.4, -0.2) is 32.9 Å². The van der Waals surface area contributed by atoms with E-state index in [9.17, 15) is 4.79 Å². The van der Waals surface area contributed by atoms with Crippen LogP contribution in [0.4, 0.5) is 0 Å². The van der Waals surface area contributed by atoms with Crippen molar-refractivity contribution in [2.75, 3.05) is 13.1 Å². The van der Waals surface area contributed by atoms with E-state index in [-0.39, 0.29) is 5.78 Å². The van der Waals surface area contributed by atoms with Crippen LogP contribution in [0.3, 0.4) is 0 Å². The molecule has 0 radical (unpaired) electrons. The first-order chi connectivity index (χ1) is 13.5. The molecular formula is C24H29N3O. The molecule has 4 heteroatoms. The molecule has 1 atom stereocenters. The fourth-order valence-electron chi connectivity index (χ4n) is 4.53. The Balaban J connectivity index is 1.52. The maximum absolute atomic E-state index is 13.2. The van der Waals surface area contributed by atoms with Crippen LogP contribution in [0.1, 0.15) is 51.9 Å². The number of benzene rings is 1. The van der Waals surface area contributed by atoms with Gasteiger partial charge in [-0.1, -0.05) is 30.3 Å². The zero-order valence-corrected chi connectivity index (χ0v) is 17.1. The van der Waals surface area contributed by atoms with E-state index in [4.69, 9.17) is 0 Å². The van der Waals surface area contributed by atoms with Crippen molar-refractivity contribution in [3.05, 3.63) is 82.9 Å². The van der Waals surface area contributed by atoms with E-state index >= 15 is 0 Å². The molecule has 28 heavy (non-hydrogen) atoms. The van der Waals surface area contributed by atoms with Gasteiger partial charge >= 0.3 is 0 Å². The molecule has 0 unspecified atom stereocenters. The van der Waals surface area contributed by atoms with Crippen LogP contribution in [-0.2, 0) is 13.6 Å². The van der Waals surface area contributed by atoms with Crippen LogP contribution < -0.4 is 0 Å². The van der Waals surface area contributed by atoms with Crippen molar-refractivity contribution in [3.8, 4) is 0 Å². The van der Waals surface area contributed by atoms with Crippen molar-refractivity contribution in [3.63, 3.8) is 0 Å². The number of carbonyl (C=O) groups is 1. The molecule has 1 saturated heterocycles. The van der Waals surface area contributed by atoms with E-state index in [0.717, 1.165) is 42.9 Å². The topological polar surface area (TPSA) is 30.2 Å². The molecule has 0 N–H and O–H groups in total. The number of Topliss-reactive ketones (excluding diaryl/α,β-unsaturated/α-hetero) is 1. The Morgan fingerprint density at radius 1 is 1.11 bits per heavy atom. The minimum atomic E-state index is 0.230. The summed E-state index contributed by atoms with van der Waals surface area (Å²) in [6.07, 6.45) is 4.36. The number of nitrogens with zero attached hydrogens (tertiary/aromatic N) is 3. The Kier molecular flexibility index (Phi) is 5.23. The number of ketones is 1. The van der Waals surface area contributed by atoms with E-state index in [2.05, 4.69) is 83.6 Å². The molecule has 146 valence electrons. The predicted octanol–water partition coefficient (Wildman–Crippen LogP) is 4.51. The third-order valence-corrected chi connectivity index (χ3v) is 6.09. The maximum atomic E-state index is 13.2. The van der Waals surface area contributed by atoms with Crippen molar-refractivity contribution in [1.82, 2.24) is 14.0 Å². The highest BCUT2D eigenvalue weighted by molar-refractivity contribution is 5.99. The molecule has 3 aromatic rings. The van der Waals surface area contributed by atoms with Crippen molar-refractivity contribution < 1.29 is 4.79 Å². The third-order valence-electron chi connectivity index (χ3n) is 6.09. The van der Waals surface area contributed by atoms with Crippen LogP contribution in [0.15, 0.2) is 54.7 Å². The molecule has 4 rings (SSSR count). The SMILES string of the molecule is Cc1cc(C(=O)CN2CCC[C@@H]2c2cccn2C)c(C)n1Cc1ccccc1. The van der Waals surface area contributed by atoms with Gasteiger partial charge in [-0.05, 0) is 57.0 Å². The minimum Gasteiger partial charge on any atom is -0.353 e. The molecule has 0 bridgehead atoms. The molecule has 1 aliphatic heterocycles. The molecule has 2 aromatic heterocycles. The second-order valence-electron chi connectivity index (χ2n) is 7.95. The molecule has 3 heterocycles. The lowest BCUT2D eigenvalue weighted by molar-refractivity contribution is 0.0918. The summed E-state index contributed by atoms with van der Waals surface area (Å²) in [5.74, 6) is 0.230. The van der Waals surface area contributed by atoms with Crippen LogP contribution >= 0.6 is 0 Å². The van der Waals surface area contributed by atoms with E-state index < -0.39 is 0 Å².